The molecule has 1 aliphatic rings. The average molecular weight is 254 g/mol. The quantitative estimate of drug-likeness (QED) is 0.481. The maximum Gasteiger partial charge on any atom is 0.322 e. The van der Waals surface area contributed by atoms with Gasteiger partial charge in [-0.3, -0.25) is 5.43 Å². The summed E-state index contributed by atoms with van der Waals surface area (Å²) in [4.78, 5) is 14.4. The molecule has 1 atom stereocenters. The molecule has 0 aromatic carbocycles. The first-order valence-corrected chi connectivity index (χ1v) is 5.89. The highest BCUT2D eigenvalue weighted by Crippen LogP contribution is 2.21. The minimum absolute atomic E-state index is 0.181. The standard InChI is InChI=1S/C10H18N6O2/c1-18-10-13-8(15-11)12-9(14-10)16-4-2-3-7(5-16)6-17/h7,17H,2-6,11H2,1H3,(H,12,13,14,15). The Morgan fingerprint density at radius 3 is 3.00 bits per heavy atom. The van der Waals surface area contributed by atoms with Crippen molar-refractivity contribution in [3.05, 3.63) is 0 Å². The molecular formula is C10H18N6O2. The largest absolute Gasteiger partial charge is 0.467 e. The Labute approximate surface area is 105 Å². The number of hydrogen-bond acceptors (Lipinski definition) is 8. The fourth-order valence-corrected chi connectivity index (χ4v) is 2.04. The van der Waals surface area contributed by atoms with Crippen molar-refractivity contribution >= 4 is 11.9 Å². The van der Waals surface area contributed by atoms with Gasteiger partial charge in [0.1, 0.15) is 0 Å². The predicted molar refractivity (Wildman–Crippen MR) is 66.2 cm³/mol. The van der Waals surface area contributed by atoms with Crippen molar-refractivity contribution in [1.29, 1.82) is 0 Å². The van der Waals surface area contributed by atoms with Gasteiger partial charge in [-0.1, -0.05) is 0 Å². The summed E-state index contributed by atoms with van der Waals surface area (Å²) < 4.78 is 5.01. The van der Waals surface area contributed by atoms with Crippen LogP contribution < -0.4 is 20.9 Å². The van der Waals surface area contributed by atoms with Gasteiger partial charge in [-0.25, -0.2) is 5.84 Å². The van der Waals surface area contributed by atoms with Gasteiger partial charge >= 0.3 is 6.01 Å². The maximum absolute atomic E-state index is 9.22. The SMILES string of the molecule is COc1nc(NN)nc(N2CCCC(CO)C2)n1. The number of aliphatic hydroxyl groups is 1. The molecular weight excluding hydrogens is 236 g/mol. The van der Waals surface area contributed by atoms with E-state index >= 15 is 0 Å². The molecule has 1 aromatic heterocycles. The van der Waals surface area contributed by atoms with Crippen LogP contribution in [0.3, 0.4) is 0 Å². The summed E-state index contributed by atoms with van der Waals surface area (Å²) in [6, 6.07) is 0.221. The van der Waals surface area contributed by atoms with E-state index in [9.17, 15) is 5.11 Å². The highest BCUT2D eigenvalue weighted by molar-refractivity contribution is 5.38. The Morgan fingerprint density at radius 2 is 2.33 bits per heavy atom. The number of hydrazine groups is 1. The number of nitrogen functional groups attached to an aromatic ring is 1. The Kier molecular flexibility index (Phi) is 4.11. The molecule has 0 spiro atoms. The van der Waals surface area contributed by atoms with Gasteiger partial charge in [0.05, 0.1) is 7.11 Å². The van der Waals surface area contributed by atoms with Gasteiger partial charge in [0.25, 0.3) is 0 Å². The molecule has 1 saturated heterocycles. The van der Waals surface area contributed by atoms with E-state index in [1.165, 1.54) is 7.11 Å². The molecule has 100 valence electrons. The maximum atomic E-state index is 9.22. The van der Waals surface area contributed by atoms with Crippen LogP contribution in [0.15, 0.2) is 0 Å². The minimum atomic E-state index is 0.181. The third-order valence-electron chi connectivity index (χ3n) is 2.97. The zero-order chi connectivity index (χ0) is 13.0. The van der Waals surface area contributed by atoms with Crippen LogP contribution in [0, 0.1) is 5.92 Å². The van der Waals surface area contributed by atoms with Crippen molar-refractivity contribution in [1.82, 2.24) is 15.0 Å². The van der Waals surface area contributed by atoms with Crippen LogP contribution in [-0.2, 0) is 0 Å². The van der Waals surface area contributed by atoms with E-state index in [4.69, 9.17) is 10.6 Å². The summed E-state index contributed by atoms with van der Waals surface area (Å²) in [6.45, 7) is 1.77. The van der Waals surface area contributed by atoms with Crippen molar-refractivity contribution < 1.29 is 9.84 Å². The van der Waals surface area contributed by atoms with E-state index in [1.807, 2.05) is 4.90 Å². The van der Waals surface area contributed by atoms with Gasteiger partial charge in [0, 0.05) is 19.7 Å². The van der Waals surface area contributed by atoms with Crippen molar-refractivity contribution in [2.24, 2.45) is 11.8 Å². The molecule has 2 rings (SSSR count). The van der Waals surface area contributed by atoms with Gasteiger partial charge in [-0.15, -0.1) is 0 Å². The van der Waals surface area contributed by atoms with Gasteiger partial charge in [0.2, 0.25) is 11.9 Å². The molecule has 2 heterocycles. The number of anilines is 2. The van der Waals surface area contributed by atoms with E-state index in [1.54, 1.807) is 0 Å². The van der Waals surface area contributed by atoms with Crippen molar-refractivity contribution in [2.45, 2.75) is 12.8 Å². The molecule has 8 heteroatoms. The Balaban J connectivity index is 2.20. The molecule has 0 amide bonds. The third-order valence-corrected chi connectivity index (χ3v) is 2.97. The van der Waals surface area contributed by atoms with Crippen molar-refractivity contribution in [3.8, 4) is 6.01 Å². The lowest BCUT2D eigenvalue weighted by atomic mass is 9.99. The van der Waals surface area contributed by atoms with Gasteiger partial charge in [0.15, 0.2) is 0 Å². The number of hydrogen-bond donors (Lipinski definition) is 3. The summed E-state index contributed by atoms with van der Waals surface area (Å²) in [5.74, 6) is 6.36. The number of aliphatic hydroxyl groups excluding tert-OH is 1. The molecule has 4 N–H and O–H groups in total. The molecule has 8 nitrogen and oxygen atoms in total. The Hall–Kier alpha value is -1.67. The first kappa shape index (κ1) is 12.8. The van der Waals surface area contributed by atoms with Crippen LogP contribution in [0.25, 0.3) is 0 Å². The smallest absolute Gasteiger partial charge is 0.322 e. The lowest BCUT2D eigenvalue weighted by Crippen LogP contribution is -2.38. The number of nitrogens with zero attached hydrogens (tertiary/aromatic N) is 4. The average Bonchev–Trinajstić information content (AvgIpc) is 2.46. The van der Waals surface area contributed by atoms with E-state index in [2.05, 4.69) is 20.4 Å². The molecule has 0 aliphatic carbocycles. The van der Waals surface area contributed by atoms with Gasteiger partial charge in [-0.2, -0.15) is 15.0 Å². The summed E-state index contributed by atoms with van der Waals surface area (Å²) in [7, 11) is 1.49. The number of rotatable bonds is 4. The lowest BCUT2D eigenvalue weighted by molar-refractivity contribution is 0.208. The summed E-state index contributed by atoms with van der Waals surface area (Å²) >= 11 is 0. The van der Waals surface area contributed by atoms with Crippen LogP contribution in [0.5, 0.6) is 6.01 Å². The van der Waals surface area contributed by atoms with Gasteiger partial charge in [-0.05, 0) is 18.8 Å². The number of aromatic nitrogens is 3. The first-order valence-electron chi connectivity index (χ1n) is 5.89. The highest BCUT2D eigenvalue weighted by Gasteiger charge is 2.22. The topological polar surface area (TPSA) is 109 Å². The number of piperidine rings is 1. The van der Waals surface area contributed by atoms with Crippen LogP contribution in [-0.4, -0.2) is 46.9 Å². The third kappa shape index (κ3) is 2.77. The zero-order valence-corrected chi connectivity index (χ0v) is 10.3. The summed E-state index contributed by atoms with van der Waals surface area (Å²) in [5.41, 5.74) is 2.39. The first-order chi connectivity index (χ1) is 8.76. The molecule has 1 unspecified atom stereocenters. The minimum Gasteiger partial charge on any atom is -0.467 e. The molecule has 0 saturated carbocycles. The van der Waals surface area contributed by atoms with E-state index in [-0.39, 0.29) is 24.5 Å². The molecule has 1 aromatic rings. The van der Waals surface area contributed by atoms with Crippen LogP contribution in [0.2, 0.25) is 0 Å². The van der Waals surface area contributed by atoms with Crippen molar-refractivity contribution in [2.75, 3.05) is 37.1 Å². The molecule has 1 fully saturated rings. The van der Waals surface area contributed by atoms with Crippen molar-refractivity contribution in [3.63, 3.8) is 0 Å². The highest BCUT2D eigenvalue weighted by atomic mass is 16.5. The molecule has 0 bridgehead atoms. The second-order valence-corrected chi connectivity index (χ2v) is 4.23. The van der Waals surface area contributed by atoms with Crippen LogP contribution in [0.4, 0.5) is 11.9 Å². The second kappa shape index (κ2) is 5.78. The van der Waals surface area contributed by atoms with Crippen LogP contribution in [0.1, 0.15) is 12.8 Å². The molecule has 18 heavy (non-hydrogen) atoms. The van der Waals surface area contributed by atoms with E-state index in [0.29, 0.717) is 5.95 Å². The monoisotopic (exact) mass is 254 g/mol. The number of ether oxygens (including phenoxy) is 1. The van der Waals surface area contributed by atoms with E-state index < -0.39 is 0 Å². The summed E-state index contributed by atoms with van der Waals surface area (Å²) in [5, 5.41) is 9.22. The normalized spacial score (nSPS) is 19.7. The van der Waals surface area contributed by atoms with E-state index in [0.717, 1.165) is 25.9 Å². The fraction of sp³-hybridized carbons (Fsp3) is 0.700. The lowest BCUT2D eigenvalue weighted by Gasteiger charge is -2.31. The number of methoxy groups -OCH3 is 1. The Bertz CT molecular complexity index is 380. The molecule has 0 radical (unpaired) electrons. The van der Waals surface area contributed by atoms with Gasteiger partial charge < -0.3 is 14.7 Å². The predicted octanol–water partition coefficient (Wildman–Crippen LogP) is -0.625. The van der Waals surface area contributed by atoms with Crippen LogP contribution >= 0.6 is 0 Å². The number of nitrogens with two attached hydrogens (primary N) is 1. The second-order valence-electron chi connectivity index (χ2n) is 4.23. The summed E-state index contributed by atoms with van der Waals surface area (Å²) in [6.07, 6.45) is 2.03. The molecule has 1 aliphatic heterocycles. The number of nitrogens with one attached hydrogen (secondary N) is 1. The fourth-order valence-electron chi connectivity index (χ4n) is 2.04. The zero-order valence-electron chi connectivity index (χ0n) is 10.3. The Morgan fingerprint density at radius 1 is 1.50 bits per heavy atom.